The maximum Gasteiger partial charge on any atom is 0.345 e. The van der Waals surface area contributed by atoms with Crippen molar-refractivity contribution in [2.75, 3.05) is 0 Å². The van der Waals surface area contributed by atoms with E-state index in [1.165, 1.54) is 6.07 Å². The number of rotatable bonds is 1. The van der Waals surface area contributed by atoms with Gasteiger partial charge in [0.25, 0.3) is 0 Å². The summed E-state index contributed by atoms with van der Waals surface area (Å²) in [6.45, 7) is 0. The van der Waals surface area contributed by atoms with E-state index in [2.05, 4.69) is 4.98 Å². The number of hydrogen-bond acceptors (Lipinski definition) is 3. The van der Waals surface area contributed by atoms with Gasteiger partial charge in [0.15, 0.2) is 0 Å². The molecule has 14 heavy (non-hydrogen) atoms. The molecule has 0 aliphatic rings. The Kier molecular flexibility index (Phi) is 2.34. The largest absolute Gasteiger partial charge is 0.477 e. The first-order valence-corrected chi connectivity index (χ1v) is 5.14. The summed E-state index contributed by atoms with van der Waals surface area (Å²) in [5, 5.41) is 9.88. The molecular weight excluding hydrogens is 245 g/mol. The Bertz CT molecular complexity index is 523. The van der Waals surface area contributed by atoms with Crippen LogP contribution in [0.2, 0.25) is 10.3 Å². The van der Waals surface area contributed by atoms with Crippen LogP contribution in [0.15, 0.2) is 12.1 Å². The van der Waals surface area contributed by atoms with Gasteiger partial charge in [-0.15, -0.1) is 11.3 Å². The Morgan fingerprint density at radius 1 is 1.43 bits per heavy atom. The molecule has 0 saturated carbocycles. The van der Waals surface area contributed by atoms with E-state index in [-0.39, 0.29) is 15.2 Å². The number of hydrogen-bond donors (Lipinski definition) is 1. The number of nitrogens with zero attached hydrogens (tertiary/aromatic N) is 1. The first-order valence-electron chi connectivity index (χ1n) is 3.57. The fourth-order valence-corrected chi connectivity index (χ4v) is 2.62. The van der Waals surface area contributed by atoms with Crippen LogP contribution in [0.25, 0.3) is 10.1 Å². The van der Waals surface area contributed by atoms with Crippen molar-refractivity contribution in [1.82, 2.24) is 4.98 Å². The highest BCUT2D eigenvalue weighted by molar-refractivity contribution is 7.20. The highest BCUT2D eigenvalue weighted by atomic mass is 35.5. The zero-order valence-corrected chi connectivity index (χ0v) is 8.95. The minimum Gasteiger partial charge on any atom is -0.477 e. The quantitative estimate of drug-likeness (QED) is 0.787. The summed E-state index contributed by atoms with van der Waals surface area (Å²) < 4.78 is 0.729. The summed E-state index contributed by atoms with van der Waals surface area (Å²) >= 11 is 12.6. The number of thiophene rings is 1. The van der Waals surface area contributed by atoms with E-state index in [0.29, 0.717) is 5.39 Å². The lowest BCUT2D eigenvalue weighted by Gasteiger charge is -1.92. The average molecular weight is 248 g/mol. The molecule has 0 unspecified atom stereocenters. The van der Waals surface area contributed by atoms with E-state index in [4.69, 9.17) is 28.3 Å². The Balaban J connectivity index is 2.76. The second-order valence-electron chi connectivity index (χ2n) is 2.56. The van der Waals surface area contributed by atoms with Crippen molar-refractivity contribution in [3.8, 4) is 0 Å². The molecule has 0 saturated heterocycles. The molecule has 1 N–H and O–H groups in total. The molecule has 0 spiro atoms. The van der Waals surface area contributed by atoms with E-state index in [9.17, 15) is 4.79 Å². The normalized spacial score (nSPS) is 10.7. The summed E-state index contributed by atoms with van der Waals surface area (Å²) in [4.78, 5) is 14.7. The van der Waals surface area contributed by atoms with E-state index in [1.807, 2.05) is 0 Å². The van der Waals surface area contributed by atoms with Gasteiger partial charge in [-0.2, -0.15) is 0 Å². The lowest BCUT2D eigenvalue weighted by atomic mass is 10.3. The zero-order valence-electron chi connectivity index (χ0n) is 6.62. The van der Waals surface area contributed by atoms with Crippen LogP contribution in [0.3, 0.4) is 0 Å². The summed E-state index contributed by atoms with van der Waals surface area (Å²) in [7, 11) is 0. The number of carboxylic acid groups (broad SMARTS) is 1. The van der Waals surface area contributed by atoms with Gasteiger partial charge >= 0.3 is 5.97 Å². The van der Waals surface area contributed by atoms with Crippen LogP contribution in [-0.2, 0) is 0 Å². The number of halogens is 2. The number of aromatic nitrogens is 1. The van der Waals surface area contributed by atoms with Crippen LogP contribution >= 0.6 is 34.5 Å². The third-order valence-corrected chi connectivity index (χ3v) is 3.20. The number of carbonyl (C=O) groups is 1. The third-order valence-electron chi connectivity index (χ3n) is 1.65. The molecule has 0 amide bonds. The standard InChI is InChI=1S/C8H3Cl2NO2S/c9-6-2-4-3(7(10)11-6)1-5(14-4)8(12)13/h1-2H,(H,12,13). The van der Waals surface area contributed by atoms with Gasteiger partial charge in [0, 0.05) is 10.1 Å². The SMILES string of the molecule is O=C(O)c1cc2c(Cl)nc(Cl)cc2s1. The van der Waals surface area contributed by atoms with Crippen LogP contribution in [0, 0.1) is 0 Å². The predicted octanol–water partition coefficient (Wildman–Crippen LogP) is 3.30. The summed E-state index contributed by atoms with van der Waals surface area (Å²) in [5.74, 6) is -0.974. The predicted molar refractivity (Wildman–Crippen MR) is 56.6 cm³/mol. The van der Waals surface area contributed by atoms with Crippen molar-refractivity contribution in [3.63, 3.8) is 0 Å². The van der Waals surface area contributed by atoms with Crippen molar-refractivity contribution in [2.45, 2.75) is 0 Å². The van der Waals surface area contributed by atoms with E-state index < -0.39 is 5.97 Å². The van der Waals surface area contributed by atoms with Crippen molar-refractivity contribution in [1.29, 1.82) is 0 Å². The second-order valence-corrected chi connectivity index (χ2v) is 4.39. The zero-order chi connectivity index (χ0) is 10.3. The number of carboxylic acids is 1. The van der Waals surface area contributed by atoms with Crippen molar-refractivity contribution >= 4 is 50.6 Å². The lowest BCUT2D eigenvalue weighted by molar-refractivity contribution is 0.0702. The van der Waals surface area contributed by atoms with E-state index in [0.717, 1.165) is 16.0 Å². The van der Waals surface area contributed by atoms with Gasteiger partial charge < -0.3 is 5.11 Å². The van der Waals surface area contributed by atoms with Crippen LogP contribution < -0.4 is 0 Å². The third kappa shape index (κ3) is 1.56. The fraction of sp³-hybridized carbons (Fsp3) is 0. The monoisotopic (exact) mass is 247 g/mol. The minimum absolute atomic E-state index is 0.228. The highest BCUT2D eigenvalue weighted by Gasteiger charge is 2.11. The molecule has 0 bridgehead atoms. The van der Waals surface area contributed by atoms with E-state index in [1.54, 1.807) is 6.07 Å². The summed E-state index contributed by atoms with van der Waals surface area (Å²) in [6, 6.07) is 3.09. The molecule has 3 nitrogen and oxygen atoms in total. The molecule has 6 heteroatoms. The van der Waals surface area contributed by atoms with E-state index >= 15 is 0 Å². The van der Waals surface area contributed by atoms with Crippen LogP contribution in [0.5, 0.6) is 0 Å². The summed E-state index contributed by atoms with van der Waals surface area (Å²) in [6.07, 6.45) is 0. The van der Waals surface area contributed by atoms with Crippen LogP contribution in [-0.4, -0.2) is 16.1 Å². The van der Waals surface area contributed by atoms with Gasteiger partial charge in [-0.05, 0) is 12.1 Å². The first kappa shape index (κ1) is 9.71. The Morgan fingerprint density at radius 2 is 2.14 bits per heavy atom. The Hall–Kier alpha value is -0.840. The molecule has 2 aromatic rings. The van der Waals surface area contributed by atoms with Crippen LogP contribution in [0.1, 0.15) is 9.67 Å². The minimum atomic E-state index is -0.974. The molecule has 2 heterocycles. The van der Waals surface area contributed by atoms with Gasteiger partial charge in [-0.1, -0.05) is 23.2 Å². The Morgan fingerprint density at radius 3 is 2.79 bits per heavy atom. The molecule has 2 aromatic heterocycles. The van der Waals surface area contributed by atoms with Gasteiger partial charge in [0.05, 0.1) is 0 Å². The Labute approximate surface area is 92.9 Å². The lowest BCUT2D eigenvalue weighted by Crippen LogP contribution is -1.89. The summed E-state index contributed by atoms with van der Waals surface area (Å²) in [5.41, 5.74) is 0. The number of pyridine rings is 1. The molecule has 72 valence electrons. The topological polar surface area (TPSA) is 50.2 Å². The second kappa shape index (κ2) is 3.38. The number of fused-ring (bicyclic) bond motifs is 1. The maximum atomic E-state index is 10.7. The highest BCUT2D eigenvalue weighted by Crippen LogP contribution is 2.31. The molecule has 0 aromatic carbocycles. The van der Waals surface area contributed by atoms with Crippen molar-refractivity contribution in [2.24, 2.45) is 0 Å². The molecular formula is C8H3Cl2NO2S. The average Bonchev–Trinajstić information content (AvgIpc) is 2.47. The first-order chi connectivity index (χ1) is 6.58. The molecule has 0 radical (unpaired) electrons. The van der Waals surface area contributed by atoms with Crippen molar-refractivity contribution < 1.29 is 9.90 Å². The molecule has 2 rings (SSSR count). The molecule has 0 atom stereocenters. The van der Waals surface area contributed by atoms with Gasteiger partial charge in [-0.3, -0.25) is 0 Å². The number of aromatic carboxylic acids is 1. The van der Waals surface area contributed by atoms with Gasteiger partial charge in [-0.25, -0.2) is 9.78 Å². The molecule has 0 fully saturated rings. The smallest absolute Gasteiger partial charge is 0.345 e. The molecule has 0 aliphatic carbocycles. The maximum absolute atomic E-state index is 10.7. The van der Waals surface area contributed by atoms with Crippen molar-refractivity contribution in [3.05, 3.63) is 27.3 Å². The van der Waals surface area contributed by atoms with Gasteiger partial charge in [0.2, 0.25) is 0 Å². The van der Waals surface area contributed by atoms with Crippen LogP contribution in [0.4, 0.5) is 0 Å². The molecule has 0 aliphatic heterocycles. The van der Waals surface area contributed by atoms with Gasteiger partial charge in [0.1, 0.15) is 15.2 Å². The fourth-order valence-electron chi connectivity index (χ4n) is 1.07.